The van der Waals surface area contributed by atoms with E-state index in [9.17, 15) is 0 Å². The largest absolute Gasteiger partial charge is 0.344 e. The lowest BCUT2D eigenvalue weighted by Gasteiger charge is -2.21. The Labute approximate surface area is 119 Å². The Balaban J connectivity index is 2.07. The number of fused-ring (bicyclic) bond motifs is 1. The van der Waals surface area contributed by atoms with Crippen molar-refractivity contribution in [3.8, 4) is 0 Å². The molecule has 0 atom stereocenters. The lowest BCUT2D eigenvalue weighted by molar-refractivity contribution is 1.22. The number of nitrogens with zero attached hydrogens (tertiary/aromatic N) is 1. The maximum absolute atomic E-state index is 3.79. The molecule has 0 unspecified atom stereocenters. The van der Waals surface area contributed by atoms with Crippen LogP contribution in [0.1, 0.15) is 5.56 Å². The van der Waals surface area contributed by atoms with Crippen molar-refractivity contribution in [2.24, 2.45) is 0 Å². The molecule has 0 aromatic heterocycles. The van der Waals surface area contributed by atoms with Crippen molar-refractivity contribution in [1.82, 2.24) is 0 Å². The highest BCUT2D eigenvalue weighted by Crippen LogP contribution is 2.30. The lowest BCUT2D eigenvalue weighted by atomic mass is 10.1. The number of anilines is 2. The molecule has 3 aromatic carbocycles. The Bertz CT molecular complexity index is 736. The van der Waals surface area contributed by atoms with Gasteiger partial charge in [-0.05, 0) is 29.1 Å². The minimum Gasteiger partial charge on any atom is -0.344 e. The molecule has 3 rings (SSSR count). The molecule has 1 heteroatoms. The van der Waals surface area contributed by atoms with Crippen LogP contribution in [0.2, 0.25) is 0 Å². The van der Waals surface area contributed by atoms with Crippen LogP contribution in [0.15, 0.2) is 73.3 Å². The topological polar surface area (TPSA) is 3.24 Å². The molecule has 0 aliphatic heterocycles. The Morgan fingerprint density at radius 3 is 2.30 bits per heavy atom. The van der Waals surface area contributed by atoms with Crippen molar-refractivity contribution in [2.75, 3.05) is 11.9 Å². The zero-order chi connectivity index (χ0) is 13.9. The molecule has 0 saturated heterocycles. The van der Waals surface area contributed by atoms with E-state index in [0.29, 0.717) is 0 Å². The Morgan fingerprint density at radius 2 is 1.55 bits per heavy atom. The fraction of sp³-hybridized carbons (Fsp3) is 0.0526. The monoisotopic (exact) mass is 259 g/mol. The molecular weight excluding hydrogens is 242 g/mol. The highest BCUT2D eigenvalue weighted by atomic mass is 15.1. The van der Waals surface area contributed by atoms with E-state index in [0.717, 1.165) is 5.56 Å². The van der Waals surface area contributed by atoms with Crippen LogP contribution in [0.4, 0.5) is 11.4 Å². The molecule has 0 aliphatic rings. The van der Waals surface area contributed by atoms with Crippen molar-refractivity contribution in [3.05, 3.63) is 78.9 Å². The summed E-state index contributed by atoms with van der Waals surface area (Å²) in [5.74, 6) is 0. The molecule has 0 saturated carbocycles. The van der Waals surface area contributed by atoms with Gasteiger partial charge in [-0.15, -0.1) is 0 Å². The highest BCUT2D eigenvalue weighted by molar-refractivity contribution is 5.95. The Hall–Kier alpha value is -2.54. The summed E-state index contributed by atoms with van der Waals surface area (Å²) in [7, 11) is 2.10. The van der Waals surface area contributed by atoms with Gasteiger partial charge in [-0.25, -0.2) is 0 Å². The Morgan fingerprint density at radius 1 is 0.850 bits per heavy atom. The first kappa shape index (κ1) is 12.5. The van der Waals surface area contributed by atoms with Crippen LogP contribution >= 0.6 is 0 Å². The van der Waals surface area contributed by atoms with E-state index >= 15 is 0 Å². The smallest absolute Gasteiger partial charge is 0.0487 e. The van der Waals surface area contributed by atoms with E-state index < -0.39 is 0 Å². The average molecular weight is 259 g/mol. The first-order valence-electron chi connectivity index (χ1n) is 6.73. The van der Waals surface area contributed by atoms with Gasteiger partial charge in [-0.2, -0.15) is 0 Å². The van der Waals surface area contributed by atoms with E-state index in [1.807, 2.05) is 6.08 Å². The summed E-state index contributed by atoms with van der Waals surface area (Å²) in [4.78, 5) is 2.22. The molecule has 98 valence electrons. The molecule has 0 amide bonds. The molecule has 3 aromatic rings. The molecule has 0 aliphatic carbocycles. The Kier molecular flexibility index (Phi) is 3.26. The normalized spacial score (nSPS) is 10.4. The fourth-order valence-corrected chi connectivity index (χ4v) is 2.47. The van der Waals surface area contributed by atoms with E-state index in [1.54, 1.807) is 0 Å². The van der Waals surface area contributed by atoms with Gasteiger partial charge in [0.2, 0.25) is 0 Å². The quantitative estimate of drug-likeness (QED) is 0.621. The van der Waals surface area contributed by atoms with Gasteiger partial charge in [-0.1, -0.05) is 61.2 Å². The first-order valence-corrected chi connectivity index (χ1v) is 6.73. The van der Waals surface area contributed by atoms with Crippen LogP contribution in [0, 0.1) is 0 Å². The molecule has 0 radical (unpaired) electrons. The first-order chi connectivity index (χ1) is 9.79. The summed E-state index contributed by atoms with van der Waals surface area (Å²) in [6.45, 7) is 3.79. The summed E-state index contributed by atoms with van der Waals surface area (Å²) in [5, 5.41) is 2.53. The van der Waals surface area contributed by atoms with Crippen molar-refractivity contribution < 1.29 is 0 Å². The van der Waals surface area contributed by atoms with Gasteiger partial charge in [0.05, 0.1) is 0 Å². The average Bonchev–Trinajstić information content (AvgIpc) is 2.54. The second-order valence-electron chi connectivity index (χ2n) is 4.85. The van der Waals surface area contributed by atoms with Gasteiger partial charge in [0.15, 0.2) is 0 Å². The molecule has 0 bridgehead atoms. The zero-order valence-corrected chi connectivity index (χ0v) is 11.6. The maximum Gasteiger partial charge on any atom is 0.0487 e. The van der Waals surface area contributed by atoms with Crippen LogP contribution in [0.5, 0.6) is 0 Å². The van der Waals surface area contributed by atoms with Crippen LogP contribution in [0.3, 0.4) is 0 Å². The number of benzene rings is 3. The summed E-state index contributed by atoms with van der Waals surface area (Å²) >= 11 is 0. The standard InChI is InChI=1S/C19H17N/c1-3-15-11-13-17(14-12-15)20(2)19-10-6-8-16-7-4-5-9-18(16)19/h3-14H,1H2,2H3. The predicted octanol–water partition coefficient (Wildman–Crippen LogP) is 5.25. The molecule has 0 heterocycles. The molecular formula is C19H17N. The number of hydrogen-bond acceptors (Lipinski definition) is 1. The van der Waals surface area contributed by atoms with Crippen molar-refractivity contribution >= 4 is 28.2 Å². The predicted molar refractivity (Wildman–Crippen MR) is 88.5 cm³/mol. The van der Waals surface area contributed by atoms with Crippen LogP contribution in [0.25, 0.3) is 16.8 Å². The second-order valence-corrected chi connectivity index (χ2v) is 4.85. The maximum atomic E-state index is 3.79. The molecule has 1 nitrogen and oxygen atoms in total. The third-order valence-corrected chi connectivity index (χ3v) is 3.64. The molecule has 0 N–H and O–H groups in total. The third kappa shape index (κ3) is 2.19. The minimum absolute atomic E-state index is 1.14. The van der Waals surface area contributed by atoms with Gasteiger partial charge in [0.25, 0.3) is 0 Å². The van der Waals surface area contributed by atoms with E-state index in [4.69, 9.17) is 0 Å². The fourth-order valence-electron chi connectivity index (χ4n) is 2.47. The van der Waals surface area contributed by atoms with Crippen LogP contribution < -0.4 is 4.90 Å². The minimum atomic E-state index is 1.14. The summed E-state index contributed by atoms with van der Waals surface area (Å²) in [5.41, 5.74) is 3.53. The third-order valence-electron chi connectivity index (χ3n) is 3.64. The summed E-state index contributed by atoms with van der Waals surface area (Å²) in [6.07, 6.45) is 1.86. The van der Waals surface area contributed by atoms with Crippen molar-refractivity contribution in [1.29, 1.82) is 0 Å². The van der Waals surface area contributed by atoms with E-state index in [-0.39, 0.29) is 0 Å². The molecule has 0 fully saturated rings. The van der Waals surface area contributed by atoms with Crippen molar-refractivity contribution in [2.45, 2.75) is 0 Å². The van der Waals surface area contributed by atoms with Crippen LogP contribution in [-0.4, -0.2) is 7.05 Å². The van der Waals surface area contributed by atoms with Gasteiger partial charge in [0, 0.05) is 23.8 Å². The lowest BCUT2D eigenvalue weighted by Crippen LogP contribution is -2.09. The second kappa shape index (κ2) is 5.22. The van der Waals surface area contributed by atoms with Gasteiger partial charge < -0.3 is 4.90 Å². The van der Waals surface area contributed by atoms with Gasteiger partial charge >= 0.3 is 0 Å². The highest BCUT2D eigenvalue weighted by Gasteiger charge is 2.07. The summed E-state index contributed by atoms with van der Waals surface area (Å²) < 4.78 is 0. The van der Waals surface area contributed by atoms with E-state index in [2.05, 4.69) is 85.3 Å². The van der Waals surface area contributed by atoms with Crippen molar-refractivity contribution in [3.63, 3.8) is 0 Å². The SMILES string of the molecule is C=Cc1ccc(N(C)c2cccc3ccccc23)cc1. The molecule has 0 spiro atoms. The molecule has 20 heavy (non-hydrogen) atoms. The number of rotatable bonds is 3. The van der Waals surface area contributed by atoms with E-state index in [1.165, 1.54) is 22.1 Å². The number of hydrogen-bond donors (Lipinski definition) is 0. The van der Waals surface area contributed by atoms with Crippen LogP contribution in [-0.2, 0) is 0 Å². The van der Waals surface area contributed by atoms with Gasteiger partial charge in [-0.3, -0.25) is 0 Å². The summed E-state index contributed by atoms with van der Waals surface area (Å²) in [6, 6.07) is 23.3. The van der Waals surface area contributed by atoms with Gasteiger partial charge in [0.1, 0.15) is 0 Å². The zero-order valence-electron chi connectivity index (χ0n) is 11.6.